The van der Waals surface area contributed by atoms with Gasteiger partial charge in [0.2, 0.25) is 0 Å². The number of nitro groups is 1. The number of benzene rings is 1. The molecule has 0 aliphatic heterocycles. The summed E-state index contributed by atoms with van der Waals surface area (Å²) >= 11 is 6.00. The van der Waals surface area contributed by atoms with Gasteiger partial charge in [0.05, 0.1) is 9.95 Å². The maximum Gasteiger partial charge on any atom is 0.270 e. The molecule has 19 heavy (non-hydrogen) atoms. The van der Waals surface area contributed by atoms with Crippen molar-refractivity contribution in [2.45, 2.75) is 13.1 Å². The summed E-state index contributed by atoms with van der Waals surface area (Å²) in [7, 11) is 0. The first-order valence-corrected chi connectivity index (χ1v) is 6.07. The summed E-state index contributed by atoms with van der Waals surface area (Å²) in [4.78, 5) is 14.1. The first kappa shape index (κ1) is 13.5. The molecule has 0 spiro atoms. The van der Waals surface area contributed by atoms with Crippen LogP contribution in [0.2, 0.25) is 5.02 Å². The molecule has 1 heterocycles. The molecule has 0 aliphatic carbocycles. The second-order valence-corrected chi connectivity index (χ2v) is 4.40. The second kappa shape index (κ2) is 6.26. The van der Waals surface area contributed by atoms with E-state index >= 15 is 0 Å². The SMILES string of the molecule is O=[N+]([O-])c1ccc(CNCc2ccncc2)c(Cl)c1. The summed E-state index contributed by atoms with van der Waals surface area (Å²) in [5.74, 6) is 0. The fourth-order valence-electron chi connectivity index (χ4n) is 1.64. The van der Waals surface area contributed by atoms with Crippen molar-refractivity contribution >= 4 is 17.3 Å². The van der Waals surface area contributed by atoms with Crippen molar-refractivity contribution in [2.75, 3.05) is 0 Å². The molecule has 5 nitrogen and oxygen atoms in total. The van der Waals surface area contributed by atoms with Crippen molar-refractivity contribution in [3.05, 3.63) is 69.0 Å². The van der Waals surface area contributed by atoms with Gasteiger partial charge >= 0.3 is 0 Å². The van der Waals surface area contributed by atoms with Crippen molar-refractivity contribution in [3.63, 3.8) is 0 Å². The summed E-state index contributed by atoms with van der Waals surface area (Å²) < 4.78 is 0. The molecule has 2 rings (SSSR count). The molecule has 1 aromatic heterocycles. The summed E-state index contributed by atoms with van der Waals surface area (Å²) in [5.41, 5.74) is 1.96. The van der Waals surface area contributed by atoms with E-state index in [1.807, 2.05) is 12.1 Å². The summed E-state index contributed by atoms with van der Waals surface area (Å²) in [6.45, 7) is 1.25. The van der Waals surface area contributed by atoms with Gasteiger partial charge in [0, 0.05) is 37.6 Å². The van der Waals surface area contributed by atoms with Crippen molar-refractivity contribution in [2.24, 2.45) is 0 Å². The molecule has 0 saturated carbocycles. The van der Waals surface area contributed by atoms with E-state index < -0.39 is 4.92 Å². The Bertz CT molecular complexity index is 575. The molecule has 0 atom stereocenters. The number of non-ortho nitro benzene ring substituents is 1. The minimum Gasteiger partial charge on any atom is -0.309 e. The van der Waals surface area contributed by atoms with Crippen LogP contribution in [0.15, 0.2) is 42.7 Å². The number of rotatable bonds is 5. The Morgan fingerprint density at radius 1 is 1.21 bits per heavy atom. The van der Waals surface area contributed by atoms with E-state index in [1.54, 1.807) is 18.5 Å². The molecule has 0 bridgehead atoms. The first-order chi connectivity index (χ1) is 9.16. The van der Waals surface area contributed by atoms with Crippen LogP contribution in [-0.4, -0.2) is 9.91 Å². The number of nitro benzene ring substituents is 1. The standard InChI is InChI=1S/C13H12ClN3O2/c14-13-7-12(17(18)19)2-1-11(13)9-16-8-10-3-5-15-6-4-10/h1-7,16H,8-9H2. The van der Waals surface area contributed by atoms with Gasteiger partial charge in [0.25, 0.3) is 5.69 Å². The lowest BCUT2D eigenvalue weighted by molar-refractivity contribution is -0.384. The van der Waals surface area contributed by atoms with Crippen LogP contribution in [0.5, 0.6) is 0 Å². The van der Waals surface area contributed by atoms with Crippen LogP contribution in [-0.2, 0) is 13.1 Å². The molecule has 0 aliphatic rings. The molecule has 2 aromatic rings. The normalized spacial score (nSPS) is 10.4. The van der Waals surface area contributed by atoms with Gasteiger partial charge in [-0.15, -0.1) is 0 Å². The lowest BCUT2D eigenvalue weighted by atomic mass is 10.2. The van der Waals surface area contributed by atoms with E-state index in [9.17, 15) is 10.1 Å². The lowest BCUT2D eigenvalue weighted by Crippen LogP contribution is -2.13. The molecule has 0 radical (unpaired) electrons. The quantitative estimate of drug-likeness (QED) is 0.674. The van der Waals surface area contributed by atoms with E-state index in [1.165, 1.54) is 12.1 Å². The van der Waals surface area contributed by atoms with Crippen molar-refractivity contribution in [1.82, 2.24) is 10.3 Å². The van der Waals surface area contributed by atoms with Crippen molar-refractivity contribution in [1.29, 1.82) is 0 Å². The molecule has 0 unspecified atom stereocenters. The maximum atomic E-state index is 10.6. The summed E-state index contributed by atoms with van der Waals surface area (Å²) in [5, 5.41) is 14.2. The molecule has 0 saturated heterocycles. The Kier molecular flexibility index (Phi) is 4.43. The third-order valence-electron chi connectivity index (χ3n) is 2.64. The molecule has 1 N–H and O–H groups in total. The van der Waals surface area contributed by atoms with Gasteiger partial charge in [-0.2, -0.15) is 0 Å². The number of nitrogens with one attached hydrogen (secondary N) is 1. The zero-order chi connectivity index (χ0) is 13.7. The molecule has 98 valence electrons. The van der Waals surface area contributed by atoms with Crippen LogP contribution in [0.25, 0.3) is 0 Å². The Labute approximate surface area is 115 Å². The summed E-state index contributed by atoms with van der Waals surface area (Å²) in [6, 6.07) is 8.33. The highest BCUT2D eigenvalue weighted by Crippen LogP contribution is 2.22. The monoisotopic (exact) mass is 277 g/mol. The van der Waals surface area contributed by atoms with Crippen molar-refractivity contribution < 1.29 is 4.92 Å². The minimum atomic E-state index is -0.458. The molecule has 0 amide bonds. The summed E-state index contributed by atoms with van der Waals surface area (Å²) in [6.07, 6.45) is 3.46. The highest BCUT2D eigenvalue weighted by Gasteiger charge is 2.08. The molecular weight excluding hydrogens is 266 g/mol. The van der Waals surface area contributed by atoms with Gasteiger partial charge in [-0.3, -0.25) is 15.1 Å². The number of hydrogen-bond donors (Lipinski definition) is 1. The van der Waals surface area contributed by atoms with Gasteiger partial charge in [-0.25, -0.2) is 0 Å². The molecule has 0 fully saturated rings. The Balaban J connectivity index is 1.95. The highest BCUT2D eigenvalue weighted by molar-refractivity contribution is 6.31. The van der Waals surface area contributed by atoms with Gasteiger partial charge in [-0.05, 0) is 29.3 Å². The fraction of sp³-hybridized carbons (Fsp3) is 0.154. The Morgan fingerprint density at radius 2 is 1.95 bits per heavy atom. The lowest BCUT2D eigenvalue weighted by Gasteiger charge is -2.06. The number of pyridine rings is 1. The van der Waals surface area contributed by atoms with Gasteiger partial charge in [-0.1, -0.05) is 11.6 Å². The average Bonchev–Trinajstić information content (AvgIpc) is 2.41. The molecular formula is C13H12ClN3O2. The second-order valence-electron chi connectivity index (χ2n) is 3.99. The zero-order valence-corrected chi connectivity index (χ0v) is 10.8. The third-order valence-corrected chi connectivity index (χ3v) is 2.99. The van der Waals surface area contributed by atoms with Crippen LogP contribution in [0, 0.1) is 10.1 Å². The van der Waals surface area contributed by atoms with Crippen LogP contribution >= 0.6 is 11.6 Å². The maximum absolute atomic E-state index is 10.6. The largest absolute Gasteiger partial charge is 0.309 e. The highest BCUT2D eigenvalue weighted by atomic mass is 35.5. The van der Waals surface area contributed by atoms with Crippen LogP contribution < -0.4 is 5.32 Å². The van der Waals surface area contributed by atoms with E-state index in [0.29, 0.717) is 18.1 Å². The zero-order valence-electron chi connectivity index (χ0n) is 10.0. The first-order valence-electron chi connectivity index (χ1n) is 5.69. The van der Waals surface area contributed by atoms with Crippen molar-refractivity contribution in [3.8, 4) is 0 Å². The smallest absolute Gasteiger partial charge is 0.270 e. The minimum absolute atomic E-state index is 0.00267. The average molecular weight is 278 g/mol. The van der Waals surface area contributed by atoms with E-state index in [2.05, 4.69) is 10.3 Å². The number of hydrogen-bond acceptors (Lipinski definition) is 4. The number of nitrogens with zero attached hydrogens (tertiary/aromatic N) is 2. The topological polar surface area (TPSA) is 68.1 Å². The van der Waals surface area contributed by atoms with Crippen LogP contribution in [0.3, 0.4) is 0 Å². The Morgan fingerprint density at radius 3 is 2.58 bits per heavy atom. The van der Waals surface area contributed by atoms with E-state index in [0.717, 1.165) is 11.1 Å². The van der Waals surface area contributed by atoms with Crippen LogP contribution in [0.4, 0.5) is 5.69 Å². The van der Waals surface area contributed by atoms with Gasteiger partial charge in [0.1, 0.15) is 0 Å². The molecule has 1 aromatic carbocycles. The molecule has 6 heteroatoms. The van der Waals surface area contributed by atoms with E-state index in [4.69, 9.17) is 11.6 Å². The van der Waals surface area contributed by atoms with Gasteiger partial charge < -0.3 is 5.32 Å². The van der Waals surface area contributed by atoms with Crippen LogP contribution in [0.1, 0.15) is 11.1 Å². The van der Waals surface area contributed by atoms with E-state index in [-0.39, 0.29) is 5.69 Å². The van der Waals surface area contributed by atoms with Gasteiger partial charge in [0.15, 0.2) is 0 Å². The fourth-order valence-corrected chi connectivity index (χ4v) is 1.88. The Hall–Kier alpha value is -1.98. The number of halogens is 1. The third kappa shape index (κ3) is 3.74. The predicted molar refractivity (Wildman–Crippen MR) is 72.9 cm³/mol. The predicted octanol–water partition coefficient (Wildman–Crippen LogP) is 2.93. The number of aromatic nitrogens is 1.